The fourth-order valence-electron chi connectivity index (χ4n) is 1.84. The molecular weight excluding hydrogens is 276 g/mol. The van der Waals surface area contributed by atoms with Gasteiger partial charge in [-0.2, -0.15) is 0 Å². The van der Waals surface area contributed by atoms with Crippen molar-refractivity contribution in [2.24, 2.45) is 11.7 Å². The largest absolute Gasteiger partial charge is 0.480 e. The van der Waals surface area contributed by atoms with E-state index in [-0.39, 0.29) is 30.8 Å². The molecule has 1 rings (SSSR count). The van der Waals surface area contributed by atoms with Crippen molar-refractivity contribution >= 4 is 27.6 Å². The molecular formula is C10H16N2O6S. The molecule has 0 aromatic heterocycles. The smallest absolute Gasteiger partial charge is 0.326 e. The van der Waals surface area contributed by atoms with Crippen LogP contribution >= 0.6 is 0 Å². The van der Waals surface area contributed by atoms with Crippen LogP contribution in [0, 0.1) is 5.92 Å². The van der Waals surface area contributed by atoms with Gasteiger partial charge in [0.1, 0.15) is 6.04 Å². The molecule has 0 aromatic carbocycles. The van der Waals surface area contributed by atoms with Crippen molar-refractivity contribution in [2.45, 2.75) is 25.3 Å². The van der Waals surface area contributed by atoms with Crippen LogP contribution in [0.25, 0.3) is 0 Å². The van der Waals surface area contributed by atoms with E-state index >= 15 is 0 Å². The van der Waals surface area contributed by atoms with Crippen LogP contribution in [0.15, 0.2) is 0 Å². The standard InChI is InChI=1S/C10H16N2O6S/c11-8(13)2-1-7(10(15)16)12-9(14)6-3-4-19(17,18)5-6/h6-7H,1-5H2,(H2,11,13)(H,12,14)(H,15,16). The van der Waals surface area contributed by atoms with Crippen LogP contribution in [0.2, 0.25) is 0 Å². The van der Waals surface area contributed by atoms with Gasteiger partial charge >= 0.3 is 5.97 Å². The maximum Gasteiger partial charge on any atom is 0.326 e. The zero-order valence-corrected chi connectivity index (χ0v) is 11.0. The summed E-state index contributed by atoms with van der Waals surface area (Å²) in [6.07, 6.45) is -0.0909. The van der Waals surface area contributed by atoms with Gasteiger partial charge in [0.25, 0.3) is 0 Å². The first-order valence-corrected chi connectivity index (χ1v) is 7.55. The van der Waals surface area contributed by atoms with E-state index in [1.165, 1.54) is 0 Å². The number of rotatable bonds is 6. The first-order chi connectivity index (χ1) is 8.71. The Labute approximate surface area is 110 Å². The highest BCUT2D eigenvalue weighted by Crippen LogP contribution is 2.18. The predicted molar refractivity (Wildman–Crippen MR) is 64.8 cm³/mol. The topological polar surface area (TPSA) is 144 Å². The van der Waals surface area contributed by atoms with E-state index in [0.29, 0.717) is 0 Å². The highest BCUT2D eigenvalue weighted by Gasteiger charge is 2.34. The van der Waals surface area contributed by atoms with Gasteiger partial charge < -0.3 is 16.2 Å². The molecule has 0 bridgehead atoms. The maximum atomic E-state index is 11.7. The highest BCUT2D eigenvalue weighted by atomic mass is 32.2. The van der Waals surface area contributed by atoms with Gasteiger partial charge in [0.15, 0.2) is 9.84 Å². The Bertz CT molecular complexity index is 486. The zero-order chi connectivity index (χ0) is 14.6. The number of nitrogens with one attached hydrogen (secondary N) is 1. The molecule has 9 heteroatoms. The van der Waals surface area contributed by atoms with E-state index in [0.717, 1.165) is 0 Å². The number of sulfone groups is 1. The average molecular weight is 292 g/mol. The Morgan fingerprint density at radius 1 is 1.37 bits per heavy atom. The lowest BCUT2D eigenvalue weighted by atomic mass is 10.1. The molecule has 1 aliphatic rings. The van der Waals surface area contributed by atoms with Gasteiger partial charge in [-0.15, -0.1) is 0 Å². The van der Waals surface area contributed by atoms with Crippen LogP contribution in [-0.2, 0) is 24.2 Å². The minimum atomic E-state index is -3.20. The van der Waals surface area contributed by atoms with Gasteiger partial charge in [-0.05, 0) is 12.8 Å². The number of nitrogens with two attached hydrogens (primary N) is 1. The van der Waals surface area contributed by atoms with E-state index in [1.54, 1.807) is 0 Å². The molecule has 0 radical (unpaired) electrons. The van der Waals surface area contributed by atoms with Crippen LogP contribution < -0.4 is 11.1 Å². The molecule has 8 nitrogen and oxygen atoms in total. The second kappa shape index (κ2) is 6.00. The van der Waals surface area contributed by atoms with Crippen LogP contribution in [0.1, 0.15) is 19.3 Å². The molecule has 2 atom stereocenters. The van der Waals surface area contributed by atoms with Gasteiger partial charge in [-0.3, -0.25) is 9.59 Å². The lowest BCUT2D eigenvalue weighted by Gasteiger charge is -2.16. The van der Waals surface area contributed by atoms with E-state index in [1.807, 2.05) is 0 Å². The van der Waals surface area contributed by atoms with Crippen LogP contribution in [-0.4, -0.2) is 48.9 Å². The summed E-state index contributed by atoms with van der Waals surface area (Å²) in [6.45, 7) is 0. The van der Waals surface area contributed by atoms with Crippen molar-refractivity contribution in [1.29, 1.82) is 0 Å². The van der Waals surface area contributed by atoms with Gasteiger partial charge in [0.2, 0.25) is 11.8 Å². The van der Waals surface area contributed by atoms with E-state index in [9.17, 15) is 22.8 Å². The number of primary amides is 1. The Balaban J connectivity index is 2.57. The van der Waals surface area contributed by atoms with Crippen LogP contribution in [0.3, 0.4) is 0 Å². The summed E-state index contributed by atoms with van der Waals surface area (Å²) in [5.41, 5.74) is 4.91. The molecule has 19 heavy (non-hydrogen) atoms. The number of carbonyl (C=O) groups is 3. The summed E-state index contributed by atoms with van der Waals surface area (Å²) in [7, 11) is -3.20. The Kier molecular flexibility index (Phi) is 4.87. The molecule has 1 aliphatic heterocycles. The first kappa shape index (κ1) is 15.4. The summed E-state index contributed by atoms with van der Waals surface area (Å²) in [5, 5.41) is 11.1. The molecule has 1 heterocycles. The third-order valence-electron chi connectivity index (χ3n) is 2.90. The molecule has 4 N–H and O–H groups in total. The van der Waals surface area contributed by atoms with E-state index in [2.05, 4.69) is 5.32 Å². The zero-order valence-electron chi connectivity index (χ0n) is 10.2. The van der Waals surface area contributed by atoms with Crippen molar-refractivity contribution in [2.75, 3.05) is 11.5 Å². The predicted octanol–water partition coefficient (Wildman–Crippen LogP) is -1.74. The number of carboxylic acid groups (broad SMARTS) is 1. The summed E-state index contributed by atoms with van der Waals surface area (Å²) in [4.78, 5) is 33.2. The summed E-state index contributed by atoms with van der Waals surface area (Å²) < 4.78 is 22.4. The molecule has 0 aromatic rings. The van der Waals surface area contributed by atoms with Gasteiger partial charge in [0, 0.05) is 6.42 Å². The molecule has 0 spiro atoms. The fourth-order valence-corrected chi connectivity index (χ4v) is 3.58. The van der Waals surface area contributed by atoms with E-state index in [4.69, 9.17) is 10.8 Å². The molecule has 0 aliphatic carbocycles. The molecule has 1 fully saturated rings. The van der Waals surface area contributed by atoms with Gasteiger partial charge in [-0.1, -0.05) is 0 Å². The Morgan fingerprint density at radius 3 is 2.42 bits per heavy atom. The molecule has 1 saturated heterocycles. The van der Waals surface area contributed by atoms with Crippen molar-refractivity contribution < 1.29 is 27.9 Å². The number of aliphatic carboxylic acids is 1. The Hall–Kier alpha value is -1.64. The van der Waals surface area contributed by atoms with Gasteiger partial charge in [0.05, 0.1) is 17.4 Å². The SMILES string of the molecule is NC(=O)CCC(NC(=O)C1CCS(=O)(=O)C1)C(=O)O. The van der Waals surface area contributed by atoms with Crippen molar-refractivity contribution in [3.05, 3.63) is 0 Å². The third kappa shape index (κ3) is 4.86. The number of amides is 2. The molecule has 2 amide bonds. The molecule has 108 valence electrons. The number of hydrogen-bond acceptors (Lipinski definition) is 5. The average Bonchev–Trinajstić information content (AvgIpc) is 2.64. The second-order valence-corrected chi connectivity index (χ2v) is 6.73. The minimum absolute atomic E-state index is 0.0654. The van der Waals surface area contributed by atoms with E-state index < -0.39 is 39.6 Å². The van der Waals surface area contributed by atoms with Crippen LogP contribution in [0.4, 0.5) is 0 Å². The van der Waals surface area contributed by atoms with Gasteiger partial charge in [-0.25, -0.2) is 13.2 Å². The fraction of sp³-hybridized carbons (Fsp3) is 0.700. The first-order valence-electron chi connectivity index (χ1n) is 5.73. The summed E-state index contributed by atoms with van der Waals surface area (Å²) in [5.74, 6) is -3.61. The third-order valence-corrected chi connectivity index (χ3v) is 4.67. The lowest BCUT2D eigenvalue weighted by Crippen LogP contribution is -2.44. The molecule has 0 saturated carbocycles. The maximum absolute atomic E-state index is 11.7. The minimum Gasteiger partial charge on any atom is -0.480 e. The number of carbonyl (C=O) groups excluding carboxylic acids is 2. The van der Waals surface area contributed by atoms with Crippen molar-refractivity contribution in [1.82, 2.24) is 5.32 Å². The van der Waals surface area contributed by atoms with Crippen molar-refractivity contribution in [3.8, 4) is 0 Å². The second-order valence-electron chi connectivity index (χ2n) is 4.50. The number of carboxylic acids is 1. The summed E-state index contributed by atoms with van der Waals surface area (Å²) in [6, 6.07) is -1.23. The molecule has 2 unspecified atom stereocenters. The monoisotopic (exact) mass is 292 g/mol. The number of hydrogen-bond donors (Lipinski definition) is 3. The Morgan fingerprint density at radius 2 is 2.00 bits per heavy atom. The quantitative estimate of drug-likeness (QED) is 0.530. The summed E-state index contributed by atoms with van der Waals surface area (Å²) >= 11 is 0. The van der Waals surface area contributed by atoms with Crippen LogP contribution in [0.5, 0.6) is 0 Å². The highest BCUT2D eigenvalue weighted by molar-refractivity contribution is 7.91. The normalized spacial score (nSPS) is 22.6. The lowest BCUT2D eigenvalue weighted by molar-refractivity contribution is -0.142. The van der Waals surface area contributed by atoms with Crippen molar-refractivity contribution in [3.63, 3.8) is 0 Å².